The Morgan fingerprint density at radius 3 is 2.94 bits per heavy atom. The van der Waals surface area contributed by atoms with Gasteiger partial charge in [-0.2, -0.15) is 0 Å². The second kappa shape index (κ2) is 4.78. The van der Waals surface area contributed by atoms with Gasteiger partial charge in [0.1, 0.15) is 0 Å². The molecule has 0 saturated carbocycles. The number of amides is 1. The van der Waals surface area contributed by atoms with Crippen LogP contribution >= 0.6 is 0 Å². The van der Waals surface area contributed by atoms with E-state index in [4.69, 9.17) is 10.8 Å². The van der Waals surface area contributed by atoms with E-state index in [9.17, 15) is 9.59 Å². The molecule has 0 saturated heterocycles. The Morgan fingerprint density at radius 2 is 2.28 bits per heavy atom. The summed E-state index contributed by atoms with van der Waals surface area (Å²) in [5, 5.41) is 8.65. The monoisotopic (exact) mass is 248 g/mol. The highest BCUT2D eigenvalue weighted by Gasteiger charge is 2.24. The van der Waals surface area contributed by atoms with Crippen molar-refractivity contribution in [2.45, 2.75) is 25.3 Å². The number of hydrogen-bond donors (Lipinski definition) is 2. The zero-order valence-electron chi connectivity index (χ0n) is 10.2. The van der Waals surface area contributed by atoms with Gasteiger partial charge in [-0.3, -0.25) is 9.59 Å². The molecule has 1 amide bonds. The number of hydrogen-bond acceptors (Lipinski definition) is 3. The minimum atomic E-state index is -0.890. The summed E-state index contributed by atoms with van der Waals surface area (Å²) in [6, 6.07) is 5.34. The van der Waals surface area contributed by atoms with Crippen LogP contribution in [0, 0.1) is 0 Å². The molecule has 0 aromatic heterocycles. The van der Waals surface area contributed by atoms with Gasteiger partial charge in [0.25, 0.3) is 0 Å². The van der Waals surface area contributed by atoms with Gasteiger partial charge in [-0.05, 0) is 23.6 Å². The molecule has 5 heteroatoms. The molecule has 1 heterocycles. The Morgan fingerprint density at radius 1 is 1.56 bits per heavy atom. The Hall–Kier alpha value is -1.88. The van der Waals surface area contributed by atoms with E-state index in [0.29, 0.717) is 12.8 Å². The molecule has 0 spiro atoms. The van der Waals surface area contributed by atoms with Crippen LogP contribution in [0.15, 0.2) is 18.2 Å². The molecular weight excluding hydrogens is 232 g/mol. The number of nitrogens with zero attached hydrogens (tertiary/aromatic N) is 1. The summed E-state index contributed by atoms with van der Waals surface area (Å²) in [5.41, 5.74) is 8.64. The molecule has 1 aromatic carbocycles. The lowest BCUT2D eigenvalue weighted by atomic mass is 10.0. The van der Waals surface area contributed by atoms with Crippen molar-refractivity contribution in [1.82, 2.24) is 0 Å². The number of nitrogens with two attached hydrogens (primary N) is 1. The lowest BCUT2D eigenvalue weighted by molar-refractivity contribution is -0.137. The molecule has 0 fully saturated rings. The second-order valence-electron chi connectivity index (χ2n) is 4.65. The van der Waals surface area contributed by atoms with Crippen LogP contribution in [-0.4, -0.2) is 30.1 Å². The number of likely N-dealkylation sites (N-methyl/N-ethyl adjacent to an activating group) is 1. The molecule has 0 aliphatic carbocycles. The van der Waals surface area contributed by atoms with Gasteiger partial charge in [0.2, 0.25) is 5.91 Å². The third kappa shape index (κ3) is 2.51. The van der Waals surface area contributed by atoms with Crippen LogP contribution in [-0.2, 0) is 22.4 Å². The van der Waals surface area contributed by atoms with E-state index in [1.54, 1.807) is 11.9 Å². The molecule has 1 aliphatic rings. The average Bonchev–Trinajstić information content (AvgIpc) is 2.53. The fourth-order valence-electron chi connectivity index (χ4n) is 2.25. The number of carboxylic acids is 1. The first-order valence-electron chi connectivity index (χ1n) is 5.83. The van der Waals surface area contributed by atoms with Crippen LogP contribution in [0.2, 0.25) is 0 Å². The van der Waals surface area contributed by atoms with Crippen LogP contribution < -0.4 is 10.6 Å². The van der Waals surface area contributed by atoms with Gasteiger partial charge in [-0.25, -0.2) is 0 Å². The minimum absolute atomic E-state index is 0.0457. The molecule has 0 radical (unpaired) electrons. The van der Waals surface area contributed by atoms with Gasteiger partial charge in [0.15, 0.2) is 0 Å². The van der Waals surface area contributed by atoms with Crippen molar-refractivity contribution in [2.24, 2.45) is 5.73 Å². The molecule has 1 atom stereocenters. The predicted octanol–water partition coefficient (Wildman–Crippen LogP) is 0.550. The van der Waals surface area contributed by atoms with E-state index in [-0.39, 0.29) is 12.3 Å². The molecule has 2 rings (SSSR count). The van der Waals surface area contributed by atoms with Gasteiger partial charge in [0.05, 0.1) is 12.8 Å². The molecule has 1 aromatic rings. The minimum Gasteiger partial charge on any atom is -0.481 e. The number of carboxylic acid groups (broad SMARTS) is 1. The first-order valence-corrected chi connectivity index (χ1v) is 5.83. The highest BCUT2D eigenvalue weighted by atomic mass is 16.4. The fraction of sp³-hybridized carbons (Fsp3) is 0.385. The summed E-state index contributed by atoms with van der Waals surface area (Å²) < 4.78 is 0. The largest absolute Gasteiger partial charge is 0.481 e. The van der Waals surface area contributed by atoms with Gasteiger partial charge in [-0.1, -0.05) is 12.1 Å². The molecule has 5 nitrogen and oxygen atoms in total. The zero-order chi connectivity index (χ0) is 13.3. The number of carbonyl (C=O) groups excluding carboxylic acids is 1. The topological polar surface area (TPSA) is 83.6 Å². The summed E-state index contributed by atoms with van der Waals surface area (Å²) in [6.45, 7) is 0. The van der Waals surface area contributed by atoms with Crippen LogP contribution in [0.3, 0.4) is 0 Å². The number of rotatable bonds is 4. The Kier molecular flexibility index (Phi) is 3.34. The van der Waals surface area contributed by atoms with Crippen LogP contribution in [0.5, 0.6) is 0 Å². The van der Waals surface area contributed by atoms with E-state index < -0.39 is 12.0 Å². The van der Waals surface area contributed by atoms with Crippen molar-refractivity contribution >= 4 is 17.6 Å². The molecule has 1 unspecified atom stereocenters. The third-order valence-electron chi connectivity index (χ3n) is 3.16. The summed E-state index contributed by atoms with van der Waals surface area (Å²) >= 11 is 0. The van der Waals surface area contributed by atoms with Crippen LogP contribution in [0.4, 0.5) is 5.69 Å². The van der Waals surface area contributed by atoms with Gasteiger partial charge in [0, 0.05) is 18.8 Å². The van der Waals surface area contributed by atoms with E-state index in [2.05, 4.69) is 0 Å². The predicted molar refractivity (Wildman–Crippen MR) is 67.5 cm³/mol. The van der Waals surface area contributed by atoms with Gasteiger partial charge in [-0.15, -0.1) is 0 Å². The van der Waals surface area contributed by atoms with E-state index in [0.717, 1.165) is 16.8 Å². The lowest BCUT2D eigenvalue weighted by Crippen LogP contribution is -2.26. The maximum atomic E-state index is 11.5. The lowest BCUT2D eigenvalue weighted by Gasteiger charge is -2.12. The number of fused-ring (bicyclic) bond motifs is 1. The van der Waals surface area contributed by atoms with Crippen molar-refractivity contribution in [3.05, 3.63) is 29.3 Å². The zero-order valence-corrected chi connectivity index (χ0v) is 10.2. The maximum absolute atomic E-state index is 11.5. The number of carbonyl (C=O) groups is 2. The molecule has 0 bridgehead atoms. The Bertz CT molecular complexity index is 499. The summed E-state index contributed by atoms with van der Waals surface area (Å²) in [5.74, 6) is -0.810. The normalized spacial score (nSPS) is 15.7. The summed E-state index contributed by atoms with van der Waals surface area (Å²) in [7, 11) is 1.75. The first-order chi connectivity index (χ1) is 8.47. The molecular formula is C13H16N2O3. The molecule has 96 valence electrons. The van der Waals surface area contributed by atoms with Crippen molar-refractivity contribution in [3.63, 3.8) is 0 Å². The number of aliphatic carboxylic acids is 1. The summed E-state index contributed by atoms with van der Waals surface area (Å²) in [6.07, 6.45) is 0.876. The SMILES string of the molecule is CN1C(=O)Cc2cc(CC(N)CC(=O)O)ccc21. The van der Waals surface area contributed by atoms with Gasteiger partial charge >= 0.3 is 5.97 Å². The summed E-state index contributed by atoms with van der Waals surface area (Å²) in [4.78, 5) is 23.7. The highest BCUT2D eigenvalue weighted by molar-refractivity contribution is 6.00. The highest BCUT2D eigenvalue weighted by Crippen LogP contribution is 2.28. The maximum Gasteiger partial charge on any atom is 0.304 e. The standard InChI is InChI=1S/C13H16N2O3/c1-15-11-3-2-8(4-9(11)6-12(15)16)5-10(14)7-13(17)18/h2-4,10H,5-7,14H2,1H3,(H,17,18). The third-order valence-corrected chi connectivity index (χ3v) is 3.16. The average molecular weight is 248 g/mol. The van der Waals surface area contributed by atoms with Crippen molar-refractivity contribution in [1.29, 1.82) is 0 Å². The smallest absolute Gasteiger partial charge is 0.304 e. The van der Waals surface area contributed by atoms with E-state index in [1.807, 2.05) is 18.2 Å². The Balaban J connectivity index is 2.11. The van der Waals surface area contributed by atoms with Crippen LogP contribution in [0.1, 0.15) is 17.5 Å². The second-order valence-corrected chi connectivity index (χ2v) is 4.65. The molecule has 1 aliphatic heterocycles. The molecule has 3 N–H and O–H groups in total. The Labute approximate surface area is 105 Å². The van der Waals surface area contributed by atoms with E-state index >= 15 is 0 Å². The number of benzene rings is 1. The fourth-order valence-corrected chi connectivity index (χ4v) is 2.25. The van der Waals surface area contributed by atoms with Crippen molar-refractivity contribution < 1.29 is 14.7 Å². The van der Waals surface area contributed by atoms with Gasteiger partial charge < -0.3 is 15.7 Å². The molecule has 18 heavy (non-hydrogen) atoms. The first kappa shape index (κ1) is 12.6. The van der Waals surface area contributed by atoms with E-state index in [1.165, 1.54) is 0 Å². The quantitative estimate of drug-likeness (QED) is 0.815. The van der Waals surface area contributed by atoms with Crippen molar-refractivity contribution in [3.8, 4) is 0 Å². The van der Waals surface area contributed by atoms with Crippen LogP contribution in [0.25, 0.3) is 0 Å². The van der Waals surface area contributed by atoms with Crippen molar-refractivity contribution in [2.75, 3.05) is 11.9 Å². The number of anilines is 1.